The third-order valence-electron chi connectivity index (χ3n) is 2.18. The number of benzene rings is 1. The molecule has 0 spiro atoms. The van der Waals surface area contributed by atoms with Gasteiger partial charge in [0.25, 0.3) is 0 Å². The van der Waals surface area contributed by atoms with Crippen LogP contribution in [0.25, 0.3) is 5.03 Å². The Morgan fingerprint density at radius 2 is 1.93 bits per heavy atom. The summed E-state index contributed by atoms with van der Waals surface area (Å²) in [4.78, 5) is 0. The molecule has 0 N–H and O–H groups in total. The summed E-state index contributed by atoms with van der Waals surface area (Å²) in [7, 11) is 0. The van der Waals surface area contributed by atoms with Crippen molar-refractivity contribution in [2.75, 3.05) is 6.61 Å². The van der Waals surface area contributed by atoms with Gasteiger partial charge in [-0.25, -0.2) is 0 Å². The lowest BCUT2D eigenvalue weighted by atomic mass is 10.2. The Morgan fingerprint density at radius 1 is 1.27 bits per heavy atom. The number of halogens is 1. The molecule has 1 rings (SSSR count). The van der Waals surface area contributed by atoms with Gasteiger partial charge >= 0.3 is 0 Å². The quantitative estimate of drug-likeness (QED) is 0.648. The van der Waals surface area contributed by atoms with Crippen LogP contribution in [0.3, 0.4) is 0 Å². The second-order valence-electron chi connectivity index (χ2n) is 3.48. The highest BCUT2D eigenvalue weighted by Gasteiger charge is 1.96. The Kier molecular flexibility index (Phi) is 5.27. The molecule has 0 saturated heterocycles. The van der Waals surface area contributed by atoms with E-state index < -0.39 is 0 Å². The molecule has 0 heterocycles. The van der Waals surface area contributed by atoms with Gasteiger partial charge in [0.05, 0.1) is 6.61 Å². The van der Waals surface area contributed by atoms with Crippen LogP contribution in [-0.4, -0.2) is 6.61 Å². The molecule has 0 unspecified atom stereocenters. The first-order chi connectivity index (χ1) is 7.24. The van der Waals surface area contributed by atoms with E-state index in [9.17, 15) is 0 Å². The monoisotopic (exact) mass is 224 g/mol. The van der Waals surface area contributed by atoms with E-state index in [-0.39, 0.29) is 0 Å². The summed E-state index contributed by atoms with van der Waals surface area (Å²) in [5.41, 5.74) is 0.942. The predicted molar refractivity (Wildman–Crippen MR) is 66.3 cm³/mol. The van der Waals surface area contributed by atoms with Crippen LogP contribution in [0, 0.1) is 0 Å². The average Bonchev–Trinajstić information content (AvgIpc) is 2.25. The first kappa shape index (κ1) is 12.1. The van der Waals surface area contributed by atoms with E-state index in [1.54, 1.807) is 0 Å². The van der Waals surface area contributed by atoms with Crippen LogP contribution in [0.1, 0.15) is 31.7 Å². The van der Waals surface area contributed by atoms with E-state index in [1.807, 2.05) is 24.3 Å². The summed E-state index contributed by atoms with van der Waals surface area (Å²) >= 11 is 5.77. The third-order valence-corrected chi connectivity index (χ3v) is 2.40. The Hall–Kier alpha value is -0.950. The van der Waals surface area contributed by atoms with E-state index >= 15 is 0 Å². The maximum atomic E-state index is 5.77. The van der Waals surface area contributed by atoms with Gasteiger partial charge in [-0.2, -0.15) is 0 Å². The van der Waals surface area contributed by atoms with Crippen LogP contribution < -0.4 is 4.74 Å². The van der Waals surface area contributed by atoms with Gasteiger partial charge in [-0.3, -0.25) is 0 Å². The van der Waals surface area contributed by atoms with Gasteiger partial charge in [-0.1, -0.05) is 37.9 Å². The van der Waals surface area contributed by atoms with Crippen molar-refractivity contribution in [3.8, 4) is 5.75 Å². The van der Waals surface area contributed by atoms with Crippen LogP contribution >= 0.6 is 11.6 Å². The lowest BCUT2D eigenvalue weighted by molar-refractivity contribution is 0.306. The molecule has 0 radical (unpaired) electrons. The predicted octanol–water partition coefficient (Wildman–Crippen LogP) is 4.47. The van der Waals surface area contributed by atoms with Gasteiger partial charge in [0.2, 0.25) is 0 Å². The highest BCUT2D eigenvalue weighted by molar-refractivity contribution is 6.48. The van der Waals surface area contributed by atoms with Gasteiger partial charge in [-0.15, -0.1) is 0 Å². The van der Waals surface area contributed by atoms with Crippen LogP contribution in [-0.2, 0) is 0 Å². The van der Waals surface area contributed by atoms with Crippen molar-refractivity contribution < 1.29 is 4.74 Å². The van der Waals surface area contributed by atoms with E-state index in [0.717, 1.165) is 24.3 Å². The molecular formula is C13H17ClO. The molecule has 0 aliphatic carbocycles. The first-order valence-corrected chi connectivity index (χ1v) is 5.69. The van der Waals surface area contributed by atoms with Crippen molar-refractivity contribution in [2.24, 2.45) is 0 Å². The SMILES string of the molecule is C=C(Cl)c1ccc(OCCCCC)cc1. The zero-order valence-corrected chi connectivity index (χ0v) is 9.89. The number of unbranched alkanes of at least 4 members (excludes halogenated alkanes) is 2. The fourth-order valence-corrected chi connectivity index (χ4v) is 1.40. The number of rotatable bonds is 6. The molecule has 0 aliphatic heterocycles. The summed E-state index contributed by atoms with van der Waals surface area (Å²) < 4.78 is 5.57. The van der Waals surface area contributed by atoms with E-state index in [1.165, 1.54) is 12.8 Å². The second-order valence-corrected chi connectivity index (χ2v) is 3.94. The van der Waals surface area contributed by atoms with Crippen molar-refractivity contribution in [1.82, 2.24) is 0 Å². The summed E-state index contributed by atoms with van der Waals surface area (Å²) in [5.74, 6) is 0.896. The number of hydrogen-bond donors (Lipinski definition) is 0. The molecule has 0 bridgehead atoms. The smallest absolute Gasteiger partial charge is 0.119 e. The highest BCUT2D eigenvalue weighted by atomic mass is 35.5. The van der Waals surface area contributed by atoms with Crippen LogP contribution in [0.5, 0.6) is 5.75 Å². The van der Waals surface area contributed by atoms with Gasteiger partial charge in [0, 0.05) is 5.03 Å². The van der Waals surface area contributed by atoms with Crippen molar-refractivity contribution >= 4 is 16.6 Å². The van der Waals surface area contributed by atoms with Crippen LogP contribution in [0.4, 0.5) is 0 Å². The minimum Gasteiger partial charge on any atom is -0.494 e. The van der Waals surface area contributed by atoms with Crippen molar-refractivity contribution in [2.45, 2.75) is 26.2 Å². The fraction of sp³-hybridized carbons (Fsp3) is 0.385. The minimum absolute atomic E-state index is 0.563. The molecule has 0 amide bonds. The molecular weight excluding hydrogens is 208 g/mol. The van der Waals surface area contributed by atoms with Crippen molar-refractivity contribution in [3.05, 3.63) is 36.4 Å². The summed E-state index contributed by atoms with van der Waals surface area (Å²) in [6.45, 7) is 6.63. The van der Waals surface area contributed by atoms with Crippen LogP contribution in [0.15, 0.2) is 30.8 Å². The topological polar surface area (TPSA) is 9.23 Å². The van der Waals surface area contributed by atoms with Crippen LogP contribution in [0.2, 0.25) is 0 Å². The number of hydrogen-bond acceptors (Lipinski definition) is 1. The highest BCUT2D eigenvalue weighted by Crippen LogP contribution is 2.20. The molecule has 15 heavy (non-hydrogen) atoms. The molecule has 0 atom stereocenters. The van der Waals surface area contributed by atoms with Gasteiger partial charge < -0.3 is 4.74 Å². The summed E-state index contributed by atoms with van der Waals surface area (Å²) in [6, 6.07) is 7.69. The van der Waals surface area contributed by atoms with Gasteiger partial charge in [0.1, 0.15) is 5.75 Å². The zero-order chi connectivity index (χ0) is 11.1. The summed E-state index contributed by atoms with van der Waals surface area (Å²) in [6.07, 6.45) is 3.55. The molecule has 0 aromatic heterocycles. The molecule has 1 aromatic carbocycles. The Bertz CT molecular complexity index is 303. The van der Waals surface area contributed by atoms with Crippen molar-refractivity contribution in [3.63, 3.8) is 0 Å². The van der Waals surface area contributed by atoms with Gasteiger partial charge in [-0.05, 0) is 36.2 Å². The molecule has 0 aliphatic rings. The average molecular weight is 225 g/mol. The largest absolute Gasteiger partial charge is 0.494 e. The second kappa shape index (κ2) is 6.52. The minimum atomic E-state index is 0.563. The Labute approximate surface area is 96.7 Å². The summed E-state index contributed by atoms with van der Waals surface area (Å²) in [5, 5.41) is 0.563. The van der Waals surface area contributed by atoms with Crippen molar-refractivity contribution in [1.29, 1.82) is 0 Å². The fourth-order valence-electron chi connectivity index (χ4n) is 1.27. The van der Waals surface area contributed by atoms with E-state index in [0.29, 0.717) is 5.03 Å². The third kappa shape index (κ3) is 4.39. The maximum Gasteiger partial charge on any atom is 0.119 e. The lowest BCUT2D eigenvalue weighted by Crippen LogP contribution is -1.96. The molecule has 0 fully saturated rings. The first-order valence-electron chi connectivity index (χ1n) is 5.31. The zero-order valence-electron chi connectivity index (χ0n) is 9.13. The number of ether oxygens (including phenoxy) is 1. The Morgan fingerprint density at radius 3 is 2.47 bits per heavy atom. The normalized spacial score (nSPS) is 10.0. The molecule has 1 aromatic rings. The Balaban J connectivity index is 2.39. The maximum absolute atomic E-state index is 5.77. The van der Waals surface area contributed by atoms with E-state index in [4.69, 9.17) is 16.3 Å². The molecule has 2 heteroatoms. The van der Waals surface area contributed by atoms with Gasteiger partial charge in [0.15, 0.2) is 0 Å². The van der Waals surface area contributed by atoms with E-state index in [2.05, 4.69) is 13.5 Å². The molecule has 82 valence electrons. The molecule has 0 saturated carbocycles. The lowest BCUT2D eigenvalue weighted by Gasteiger charge is -2.06. The molecule has 1 nitrogen and oxygen atoms in total. The standard InChI is InChI=1S/C13H17ClO/c1-3-4-5-10-15-13-8-6-12(7-9-13)11(2)14/h6-9H,2-5,10H2,1H3.